The van der Waals surface area contributed by atoms with Crippen molar-refractivity contribution in [3.8, 4) is 10.4 Å². The Labute approximate surface area is 235 Å². The lowest BCUT2D eigenvalue weighted by molar-refractivity contribution is 0.100. The van der Waals surface area contributed by atoms with Crippen LogP contribution in [-0.2, 0) is 6.54 Å². The molecule has 6 rings (SSSR count). The number of rotatable bonds is 10. The van der Waals surface area contributed by atoms with Crippen molar-refractivity contribution >= 4 is 40.1 Å². The summed E-state index contributed by atoms with van der Waals surface area (Å²) in [4.78, 5) is 23.6. The quantitative estimate of drug-likeness (QED) is 0.242. The molecular formula is C30H41N5OS2. The zero-order valence-electron chi connectivity index (χ0n) is 22.4. The van der Waals surface area contributed by atoms with Crippen LogP contribution in [0.1, 0.15) is 71.7 Å². The molecule has 5 heterocycles. The van der Waals surface area contributed by atoms with Crippen molar-refractivity contribution in [2.45, 2.75) is 57.4 Å². The first-order valence-electron chi connectivity index (χ1n) is 14.5. The minimum atomic E-state index is -0.362. The third-order valence-electron chi connectivity index (χ3n) is 8.60. The van der Waals surface area contributed by atoms with E-state index in [1.807, 2.05) is 29.4 Å². The van der Waals surface area contributed by atoms with Gasteiger partial charge < -0.3 is 15.6 Å². The van der Waals surface area contributed by atoms with E-state index in [0.29, 0.717) is 11.5 Å². The molecule has 3 aliphatic rings. The molecule has 0 unspecified atom stereocenters. The molecule has 1 amide bonds. The van der Waals surface area contributed by atoms with Crippen LogP contribution in [0, 0.1) is 0 Å². The maximum Gasteiger partial charge on any atom is 0.250 e. The SMILES string of the molecule is NC(=O)c1cc(-c2ccc(CN3CCCC3)s2)cc2c(C3CCN(SCCCN4CCCC4)CC3)c[nH]c12. The third-order valence-corrected chi connectivity index (χ3v) is 10.9. The second-order valence-corrected chi connectivity index (χ2v) is 13.6. The Hall–Kier alpha value is -1.84. The number of nitrogens with zero attached hydrogens (tertiary/aromatic N) is 3. The molecule has 2 aromatic heterocycles. The van der Waals surface area contributed by atoms with Gasteiger partial charge in [-0.1, -0.05) is 11.9 Å². The monoisotopic (exact) mass is 551 g/mol. The Kier molecular flexibility index (Phi) is 8.42. The number of hydrogen-bond donors (Lipinski definition) is 2. The highest BCUT2D eigenvalue weighted by Gasteiger charge is 2.25. The average molecular weight is 552 g/mol. The van der Waals surface area contributed by atoms with Crippen LogP contribution in [0.3, 0.4) is 0 Å². The maximum absolute atomic E-state index is 12.5. The van der Waals surface area contributed by atoms with Gasteiger partial charge in [0.1, 0.15) is 0 Å². The summed E-state index contributed by atoms with van der Waals surface area (Å²) in [5.74, 6) is 1.37. The minimum absolute atomic E-state index is 0.362. The fourth-order valence-corrected chi connectivity index (χ4v) is 8.51. The van der Waals surface area contributed by atoms with Gasteiger partial charge in [-0.25, -0.2) is 0 Å². The van der Waals surface area contributed by atoms with Gasteiger partial charge in [0.05, 0.1) is 11.1 Å². The zero-order valence-corrected chi connectivity index (χ0v) is 24.1. The highest BCUT2D eigenvalue weighted by atomic mass is 32.2. The van der Waals surface area contributed by atoms with E-state index in [0.717, 1.165) is 43.6 Å². The topological polar surface area (TPSA) is 68.6 Å². The van der Waals surface area contributed by atoms with E-state index in [2.05, 4.69) is 43.5 Å². The fourth-order valence-electron chi connectivity index (χ4n) is 6.49. The van der Waals surface area contributed by atoms with Crippen molar-refractivity contribution in [3.63, 3.8) is 0 Å². The minimum Gasteiger partial charge on any atom is -0.366 e. The molecule has 38 heavy (non-hydrogen) atoms. The molecule has 204 valence electrons. The van der Waals surface area contributed by atoms with E-state index in [-0.39, 0.29) is 5.91 Å². The first-order chi connectivity index (χ1) is 18.6. The lowest BCUT2D eigenvalue weighted by Crippen LogP contribution is -2.28. The van der Waals surface area contributed by atoms with Crippen molar-refractivity contribution in [2.24, 2.45) is 5.73 Å². The highest BCUT2D eigenvalue weighted by Crippen LogP contribution is 2.39. The number of primary amides is 1. The summed E-state index contributed by atoms with van der Waals surface area (Å²) in [6.45, 7) is 9.53. The second kappa shape index (κ2) is 12.1. The van der Waals surface area contributed by atoms with E-state index in [1.165, 1.54) is 91.3 Å². The van der Waals surface area contributed by atoms with Crippen LogP contribution in [-0.4, -0.2) is 76.6 Å². The molecule has 3 fully saturated rings. The van der Waals surface area contributed by atoms with E-state index in [9.17, 15) is 4.79 Å². The Morgan fingerprint density at radius 3 is 2.47 bits per heavy atom. The van der Waals surface area contributed by atoms with Gasteiger partial charge in [0.15, 0.2) is 0 Å². The number of carbonyl (C=O) groups excluding carboxylic acids is 1. The van der Waals surface area contributed by atoms with Crippen LogP contribution in [0.4, 0.5) is 0 Å². The second-order valence-electron chi connectivity index (χ2n) is 11.2. The first kappa shape index (κ1) is 26.4. The summed E-state index contributed by atoms with van der Waals surface area (Å²) in [5.41, 5.74) is 9.82. The van der Waals surface area contributed by atoms with Crippen LogP contribution in [0.25, 0.3) is 21.3 Å². The number of nitrogens with one attached hydrogen (secondary N) is 1. The van der Waals surface area contributed by atoms with Crippen LogP contribution in [0.15, 0.2) is 30.5 Å². The molecule has 0 saturated carbocycles. The number of nitrogens with two attached hydrogens (primary N) is 1. The average Bonchev–Trinajstić information content (AvgIpc) is 3.74. The van der Waals surface area contributed by atoms with Crippen molar-refractivity contribution in [1.82, 2.24) is 19.1 Å². The Balaban J connectivity index is 1.13. The van der Waals surface area contributed by atoms with Crippen molar-refractivity contribution in [2.75, 3.05) is 51.6 Å². The van der Waals surface area contributed by atoms with Gasteiger partial charge in [0, 0.05) is 46.7 Å². The number of aromatic nitrogens is 1. The summed E-state index contributed by atoms with van der Waals surface area (Å²) in [5, 5.41) is 1.17. The molecule has 0 spiro atoms. The highest BCUT2D eigenvalue weighted by molar-refractivity contribution is 7.97. The fraction of sp³-hybridized carbons (Fsp3) is 0.567. The van der Waals surface area contributed by atoms with E-state index < -0.39 is 0 Å². The van der Waals surface area contributed by atoms with E-state index in [1.54, 1.807) is 0 Å². The molecule has 3 N–H and O–H groups in total. The molecule has 0 bridgehead atoms. The van der Waals surface area contributed by atoms with E-state index in [4.69, 9.17) is 5.73 Å². The Morgan fingerprint density at radius 2 is 1.74 bits per heavy atom. The summed E-state index contributed by atoms with van der Waals surface area (Å²) < 4.78 is 2.57. The molecule has 3 saturated heterocycles. The Morgan fingerprint density at radius 1 is 1.00 bits per heavy atom. The number of thiophene rings is 1. The molecule has 1 aromatic carbocycles. The molecular weight excluding hydrogens is 510 g/mol. The molecule has 0 radical (unpaired) electrons. The lowest BCUT2D eigenvalue weighted by atomic mass is 9.89. The summed E-state index contributed by atoms with van der Waals surface area (Å²) in [6.07, 6.45) is 11.1. The molecule has 3 aromatic rings. The number of aromatic amines is 1. The smallest absolute Gasteiger partial charge is 0.250 e. The third kappa shape index (κ3) is 5.99. The molecule has 0 atom stereocenters. The van der Waals surface area contributed by atoms with Gasteiger partial charge in [0.2, 0.25) is 0 Å². The predicted molar refractivity (Wildman–Crippen MR) is 161 cm³/mol. The van der Waals surface area contributed by atoms with Crippen LogP contribution < -0.4 is 5.73 Å². The summed E-state index contributed by atoms with van der Waals surface area (Å²) in [6, 6.07) is 8.74. The van der Waals surface area contributed by atoms with Gasteiger partial charge in [0.25, 0.3) is 5.91 Å². The number of benzene rings is 1. The van der Waals surface area contributed by atoms with Crippen LogP contribution >= 0.6 is 23.3 Å². The van der Waals surface area contributed by atoms with Crippen molar-refractivity contribution in [3.05, 3.63) is 46.5 Å². The van der Waals surface area contributed by atoms with E-state index >= 15 is 0 Å². The standard InChI is InChI=1S/C30H41N5OS2/c31-30(36)26-19-23(28-7-6-24(38-28)21-34-12-3-4-13-34)18-25-27(20-32-29(25)26)22-8-15-35(16-9-22)37-17-5-14-33-10-1-2-11-33/h6-7,18-20,22,32H,1-5,8-17,21H2,(H2,31,36). The molecule has 0 aliphatic carbocycles. The van der Waals surface area contributed by atoms with Gasteiger partial charge in [-0.15, -0.1) is 11.3 Å². The first-order valence-corrected chi connectivity index (χ1v) is 16.3. The molecule has 3 aliphatic heterocycles. The maximum atomic E-state index is 12.5. The van der Waals surface area contributed by atoms with Crippen molar-refractivity contribution < 1.29 is 4.79 Å². The van der Waals surface area contributed by atoms with Gasteiger partial charge in [-0.3, -0.25) is 14.0 Å². The van der Waals surface area contributed by atoms with Crippen molar-refractivity contribution in [1.29, 1.82) is 0 Å². The number of amides is 1. The number of fused-ring (bicyclic) bond motifs is 1. The van der Waals surface area contributed by atoms with Crippen LogP contribution in [0.5, 0.6) is 0 Å². The number of hydrogen-bond acceptors (Lipinski definition) is 6. The molecule has 8 heteroatoms. The van der Waals surface area contributed by atoms with Gasteiger partial charge >= 0.3 is 0 Å². The Bertz CT molecular complexity index is 1230. The predicted octanol–water partition coefficient (Wildman–Crippen LogP) is 5.90. The molecule has 6 nitrogen and oxygen atoms in total. The van der Waals surface area contributed by atoms with Gasteiger partial charge in [-0.05, 0) is 119 Å². The number of likely N-dealkylation sites (tertiary alicyclic amines) is 2. The normalized spacial score (nSPS) is 20.2. The summed E-state index contributed by atoms with van der Waals surface area (Å²) in [7, 11) is 0. The zero-order chi connectivity index (χ0) is 25.9. The number of H-pyrrole nitrogens is 1. The van der Waals surface area contributed by atoms with Gasteiger partial charge in [-0.2, -0.15) is 0 Å². The lowest BCUT2D eigenvalue weighted by Gasteiger charge is -2.31. The summed E-state index contributed by atoms with van der Waals surface area (Å²) >= 11 is 3.89. The van der Waals surface area contributed by atoms with Crippen LogP contribution in [0.2, 0.25) is 0 Å². The number of carbonyl (C=O) groups is 1. The number of piperidine rings is 1. The largest absolute Gasteiger partial charge is 0.366 e.